The third-order valence-electron chi connectivity index (χ3n) is 5.18. The molecule has 0 radical (unpaired) electrons. The predicted octanol–water partition coefficient (Wildman–Crippen LogP) is 2.61. The number of fused-ring (bicyclic) bond motifs is 1. The van der Waals surface area contributed by atoms with Crippen LogP contribution < -0.4 is 10.9 Å². The number of likely N-dealkylation sites (N-methyl/N-ethyl adjacent to an activating group) is 1. The van der Waals surface area contributed by atoms with E-state index in [1.165, 1.54) is 15.9 Å². The number of phenols is 1. The molecule has 3 aromatic rings. The summed E-state index contributed by atoms with van der Waals surface area (Å²) < 4.78 is 16.3. The molecule has 0 unspecified atom stereocenters. The predicted molar refractivity (Wildman–Crippen MR) is 109 cm³/mol. The van der Waals surface area contributed by atoms with E-state index in [-0.39, 0.29) is 29.0 Å². The second kappa shape index (κ2) is 7.48. The summed E-state index contributed by atoms with van der Waals surface area (Å²) in [6.07, 6.45) is -0.602. The van der Waals surface area contributed by atoms with Gasteiger partial charge in [-0.3, -0.25) is 14.3 Å². The number of rotatable bonds is 4. The van der Waals surface area contributed by atoms with Crippen molar-refractivity contribution in [2.24, 2.45) is 7.05 Å². The van der Waals surface area contributed by atoms with Crippen molar-refractivity contribution in [3.8, 4) is 17.1 Å². The van der Waals surface area contributed by atoms with Crippen LogP contribution >= 0.6 is 11.3 Å². The molecule has 9 heteroatoms. The molecule has 148 valence electrons. The number of thiophene rings is 1. The zero-order chi connectivity index (χ0) is 19.8. The van der Waals surface area contributed by atoms with Gasteiger partial charge in [0.1, 0.15) is 11.9 Å². The standard InChI is InChI=1S/C19H22FN5O2S/c1-3-25-9-11(20)8-12(10-25)21-17-19(27)24(2)18(23-22-17)14-4-5-15-13(16(14)26)6-7-28-15/h4-7,11-12,26H,3,8-10H2,1-2H3,(H,21,22)/t11-,12-/m1/s1. The summed E-state index contributed by atoms with van der Waals surface area (Å²) in [6, 6.07) is 5.25. The van der Waals surface area contributed by atoms with Gasteiger partial charge >= 0.3 is 0 Å². The lowest BCUT2D eigenvalue weighted by Gasteiger charge is -2.34. The van der Waals surface area contributed by atoms with Crippen molar-refractivity contribution in [1.29, 1.82) is 0 Å². The van der Waals surface area contributed by atoms with E-state index < -0.39 is 6.17 Å². The Morgan fingerprint density at radius 3 is 2.93 bits per heavy atom. The molecule has 2 N–H and O–H groups in total. The van der Waals surface area contributed by atoms with E-state index in [1.54, 1.807) is 13.1 Å². The van der Waals surface area contributed by atoms with Crippen molar-refractivity contribution in [1.82, 2.24) is 19.7 Å². The lowest BCUT2D eigenvalue weighted by Crippen LogP contribution is -2.48. The molecule has 2 aromatic heterocycles. The number of anilines is 1. The molecular weight excluding hydrogens is 381 g/mol. The maximum Gasteiger partial charge on any atom is 0.296 e. The highest BCUT2D eigenvalue weighted by atomic mass is 32.1. The van der Waals surface area contributed by atoms with Gasteiger partial charge < -0.3 is 10.4 Å². The van der Waals surface area contributed by atoms with Gasteiger partial charge in [0.15, 0.2) is 5.82 Å². The second-order valence-corrected chi connectivity index (χ2v) is 8.00. The van der Waals surface area contributed by atoms with E-state index in [4.69, 9.17) is 0 Å². The summed E-state index contributed by atoms with van der Waals surface area (Å²) in [5.41, 5.74) is 0.0852. The molecule has 4 rings (SSSR count). The van der Waals surface area contributed by atoms with E-state index in [1.807, 2.05) is 29.3 Å². The minimum Gasteiger partial charge on any atom is -0.507 e. The topological polar surface area (TPSA) is 83.3 Å². The van der Waals surface area contributed by atoms with Gasteiger partial charge in [0.2, 0.25) is 5.82 Å². The van der Waals surface area contributed by atoms with Crippen molar-refractivity contribution in [3.05, 3.63) is 33.9 Å². The Morgan fingerprint density at radius 1 is 1.32 bits per heavy atom. The fraction of sp³-hybridized carbons (Fsp3) is 0.421. The number of piperidine rings is 1. The zero-order valence-electron chi connectivity index (χ0n) is 15.7. The highest BCUT2D eigenvalue weighted by Gasteiger charge is 2.27. The summed E-state index contributed by atoms with van der Waals surface area (Å²) in [5, 5.41) is 24.5. The number of likely N-dealkylation sites (tertiary alicyclic amines) is 1. The Labute approximate surface area is 165 Å². The van der Waals surface area contributed by atoms with E-state index >= 15 is 0 Å². The fourth-order valence-corrected chi connectivity index (χ4v) is 4.47. The molecule has 28 heavy (non-hydrogen) atoms. The molecule has 0 bridgehead atoms. The van der Waals surface area contributed by atoms with Crippen LogP contribution in [0, 0.1) is 0 Å². The van der Waals surface area contributed by atoms with Crippen LogP contribution in [-0.4, -0.2) is 56.6 Å². The van der Waals surface area contributed by atoms with Crippen molar-refractivity contribution >= 4 is 27.2 Å². The average Bonchev–Trinajstić information content (AvgIpc) is 3.16. The van der Waals surface area contributed by atoms with Gasteiger partial charge in [-0.05, 0) is 30.1 Å². The highest BCUT2D eigenvalue weighted by molar-refractivity contribution is 7.17. The molecule has 2 atom stereocenters. The number of aromatic nitrogens is 3. The third kappa shape index (κ3) is 3.35. The van der Waals surface area contributed by atoms with Crippen LogP contribution in [0.4, 0.5) is 10.2 Å². The van der Waals surface area contributed by atoms with Gasteiger partial charge in [0.25, 0.3) is 5.56 Å². The molecule has 7 nitrogen and oxygen atoms in total. The van der Waals surface area contributed by atoms with Crippen LogP contribution in [0.1, 0.15) is 13.3 Å². The van der Waals surface area contributed by atoms with E-state index in [2.05, 4.69) is 15.5 Å². The molecule has 0 spiro atoms. The van der Waals surface area contributed by atoms with Crippen LogP contribution in [0.15, 0.2) is 28.4 Å². The van der Waals surface area contributed by atoms with Gasteiger partial charge in [0.05, 0.1) is 5.56 Å². The van der Waals surface area contributed by atoms with Gasteiger partial charge in [-0.1, -0.05) is 6.92 Å². The van der Waals surface area contributed by atoms with Crippen molar-refractivity contribution in [3.63, 3.8) is 0 Å². The monoisotopic (exact) mass is 403 g/mol. The molecule has 3 heterocycles. The zero-order valence-corrected chi connectivity index (χ0v) is 16.5. The summed E-state index contributed by atoms with van der Waals surface area (Å²) in [7, 11) is 1.59. The number of benzene rings is 1. The smallest absolute Gasteiger partial charge is 0.296 e. The van der Waals surface area contributed by atoms with Gasteiger partial charge in [-0.15, -0.1) is 21.5 Å². The van der Waals surface area contributed by atoms with Gasteiger partial charge in [-0.2, -0.15) is 0 Å². The first-order valence-electron chi connectivity index (χ1n) is 9.24. The normalized spacial score (nSPS) is 20.5. The number of hydrogen-bond acceptors (Lipinski definition) is 7. The van der Waals surface area contributed by atoms with Crippen LogP contribution in [-0.2, 0) is 7.05 Å². The third-order valence-corrected chi connectivity index (χ3v) is 6.06. The minimum absolute atomic E-state index is 0.0786. The average molecular weight is 403 g/mol. The lowest BCUT2D eigenvalue weighted by molar-refractivity contribution is 0.134. The van der Waals surface area contributed by atoms with Crippen molar-refractivity contribution < 1.29 is 9.50 Å². The number of nitrogens with zero attached hydrogens (tertiary/aromatic N) is 4. The largest absolute Gasteiger partial charge is 0.507 e. The van der Waals surface area contributed by atoms with Crippen LogP contribution in [0.3, 0.4) is 0 Å². The van der Waals surface area contributed by atoms with Crippen molar-refractivity contribution in [2.75, 3.05) is 25.0 Å². The summed E-state index contributed by atoms with van der Waals surface area (Å²) in [5.74, 6) is 0.454. The Morgan fingerprint density at radius 2 is 2.14 bits per heavy atom. The Hall–Kier alpha value is -2.52. The molecule has 1 saturated heterocycles. The fourth-order valence-electron chi connectivity index (χ4n) is 3.68. The maximum absolute atomic E-state index is 14.0. The molecule has 1 aliphatic rings. The number of alkyl halides is 1. The molecule has 0 amide bonds. The summed E-state index contributed by atoms with van der Waals surface area (Å²) in [6.45, 7) is 3.81. The summed E-state index contributed by atoms with van der Waals surface area (Å²) >= 11 is 1.53. The van der Waals surface area contributed by atoms with Crippen LogP contribution in [0.25, 0.3) is 21.5 Å². The van der Waals surface area contributed by atoms with E-state index in [9.17, 15) is 14.3 Å². The minimum atomic E-state index is -0.934. The molecule has 1 aliphatic heterocycles. The Bertz CT molecular complexity index is 1070. The van der Waals surface area contributed by atoms with Gasteiger partial charge in [0, 0.05) is 42.7 Å². The maximum atomic E-state index is 14.0. The van der Waals surface area contributed by atoms with E-state index in [0.29, 0.717) is 25.1 Å². The van der Waals surface area contributed by atoms with Gasteiger partial charge in [-0.25, -0.2) is 4.39 Å². The molecule has 1 fully saturated rings. The number of aromatic hydroxyl groups is 1. The Balaban J connectivity index is 1.65. The Kier molecular flexibility index (Phi) is 5.03. The first kappa shape index (κ1) is 18.8. The molecule has 1 aromatic carbocycles. The summed E-state index contributed by atoms with van der Waals surface area (Å²) in [4.78, 5) is 14.8. The first-order chi connectivity index (χ1) is 13.5. The number of hydrogen-bond donors (Lipinski definition) is 2. The lowest BCUT2D eigenvalue weighted by atomic mass is 10.0. The van der Waals surface area contributed by atoms with Crippen LogP contribution in [0.5, 0.6) is 5.75 Å². The highest BCUT2D eigenvalue weighted by Crippen LogP contribution is 2.36. The first-order valence-corrected chi connectivity index (χ1v) is 10.1. The number of phenolic OH excluding ortho intramolecular Hbond substituents is 1. The molecular formula is C19H22FN5O2S. The van der Waals surface area contributed by atoms with Crippen LogP contribution in [0.2, 0.25) is 0 Å². The molecule has 0 saturated carbocycles. The SMILES string of the molecule is CCN1C[C@H](F)C[C@@H](Nc2nnc(-c3ccc4sccc4c3O)n(C)c2=O)C1. The second-order valence-electron chi connectivity index (χ2n) is 7.06. The number of halogens is 1. The number of nitrogens with one attached hydrogen (secondary N) is 1. The van der Waals surface area contributed by atoms with Crippen molar-refractivity contribution in [2.45, 2.75) is 25.6 Å². The quantitative estimate of drug-likeness (QED) is 0.697. The molecule has 0 aliphatic carbocycles. The van der Waals surface area contributed by atoms with E-state index in [0.717, 1.165) is 16.6 Å².